The minimum atomic E-state index is -1.25. The zero-order chi connectivity index (χ0) is 20.1. The fraction of sp³-hybridized carbons (Fsp3) is 0.222. The van der Waals surface area contributed by atoms with Crippen LogP contribution in [0.3, 0.4) is 0 Å². The van der Waals surface area contributed by atoms with Crippen molar-refractivity contribution < 1.29 is 29.1 Å². The van der Waals surface area contributed by atoms with Gasteiger partial charge in [0.15, 0.2) is 6.10 Å². The summed E-state index contributed by atoms with van der Waals surface area (Å²) in [6.07, 6.45) is -1.25. The van der Waals surface area contributed by atoms with E-state index in [1.165, 1.54) is 38.3 Å². The molecule has 27 heavy (non-hydrogen) atoms. The molecule has 142 valence electrons. The lowest BCUT2D eigenvalue weighted by atomic mass is 10.1. The van der Waals surface area contributed by atoms with Gasteiger partial charge < -0.3 is 19.9 Å². The molecule has 0 fully saturated rings. The Kier molecular flexibility index (Phi) is 5.96. The SMILES string of the molecule is COc1ccc(NC(=O)[C@H](C)OC(=O)c2cc(C)ccc2O)c([N+](=O)[O-])c1. The average Bonchev–Trinajstić information content (AvgIpc) is 2.63. The molecular formula is C18H18N2O7. The number of nitrogens with one attached hydrogen (secondary N) is 1. The van der Waals surface area contributed by atoms with Crippen molar-refractivity contribution in [2.24, 2.45) is 0 Å². The summed E-state index contributed by atoms with van der Waals surface area (Å²) in [7, 11) is 1.36. The molecule has 9 nitrogen and oxygen atoms in total. The van der Waals surface area contributed by atoms with Gasteiger partial charge in [0.2, 0.25) is 0 Å². The van der Waals surface area contributed by atoms with Gasteiger partial charge in [0.1, 0.15) is 22.7 Å². The van der Waals surface area contributed by atoms with Crippen LogP contribution in [0.2, 0.25) is 0 Å². The molecule has 2 aromatic carbocycles. The molecule has 0 aliphatic carbocycles. The van der Waals surface area contributed by atoms with E-state index in [0.29, 0.717) is 0 Å². The summed E-state index contributed by atoms with van der Waals surface area (Å²) in [4.78, 5) is 34.9. The number of aromatic hydroxyl groups is 1. The highest BCUT2D eigenvalue weighted by molar-refractivity contribution is 5.99. The number of benzene rings is 2. The first-order valence-corrected chi connectivity index (χ1v) is 7.86. The number of rotatable bonds is 6. The third kappa shape index (κ3) is 4.72. The number of methoxy groups -OCH3 is 1. The zero-order valence-electron chi connectivity index (χ0n) is 14.9. The Labute approximate surface area is 154 Å². The molecule has 0 bridgehead atoms. The number of phenolic OH excluding ortho intramolecular Hbond substituents is 1. The van der Waals surface area contributed by atoms with Gasteiger partial charge in [0, 0.05) is 0 Å². The smallest absolute Gasteiger partial charge is 0.342 e. The molecule has 0 aromatic heterocycles. The van der Waals surface area contributed by atoms with Crippen molar-refractivity contribution in [2.45, 2.75) is 20.0 Å². The molecule has 0 spiro atoms. The molecule has 9 heteroatoms. The molecule has 1 atom stereocenters. The quantitative estimate of drug-likeness (QED) is 0.452. The number of phenols is 1. The number of nitrogens with zero attached hydrogens (tertiary/aromatic N) is 1. The number of amides is 1. The molecule has 0 aliphatic heterocycles. The number of aryl methyl sites for hydroxylation is 1. The van der Waals surface area contributed by atoms with E-state index in [1.807, 2.05) is 0 Å². The Morgan fingerprint density at radius 2 is 1.93 bits per heavy atom. The zero-order valence-corrected chi connectivity index (χ0v) is 14.9. The fourth-order valence-corrected chi connectivity index (χ4v) is 2.22. The van der Waals surface area contributed by atoms with Crippen molar-refractivity contribution >= 4 is 23.3 Å². The van der Waals surface area contributed by atoms with Crippen LogP contribution in [0.4, 0.5) is 11.4 Å². The monoisotopic (exact) mass is 374 g/mol. The summed E-state index contributed by atoms with van der Waals surface area (Å²) in [5.74, 6) is -1.66. The molecular weight excluding hydrogens is 356 g/mol. The predicted molar refractivity (Wildman–Crippen MR) is 96.0 cm³/mol. The Hall–Kier alpha value is -3.62. The molecule has 0 saturated carbocycles. The van der Waals surface area contributed by atoms with Gasteiger partial charge in [-0.05, 0) is 38.1 Å². The first kappa shape index (κ1) is 19.7. The van der Waals surface area contributed by atoms with Gasteiger partial charge >= 0.3 is 5.97 Å². The number of hydrogen-bond acceptors (Lipinski definition) is 7. The van der Waals surface area contributed by atoms with E-state index in [1.54, 1.807) is 13.0 Å². The number of hydrogen-bond donors (Lipinski definition) is 2. The van der Waals surface area contributed by atoms with Gasteiger partial charge in [-0.1, -0.05) is 11.6 Å². The lowest BCUT2D eigenvalue weighted by molar-refractivity contribution is -0.384. The van der Waals surface area contributed by atoms with Crippen LogP contribution >= 0.6 is 0 Å². The lowest BCUT2D eigenvalue weighted by Gasteiger charge is -2.14. The van der Waals surface area contributed by atoms with E-state index in [-0.39, 0.29) is 28.4 Å². The Balaban J connectivity index is 2.13. The second-order valence-electron chi connectivity index (χ2n) is 5.70. The van der Waals surface area contributed by atoms with Crippen LogP contribution < -0.4 is 10.1 Å². The van der Waals surface area contributed by atoms with Crippen molar-refractivity contribution in [3.05, 3.63) is 57.6 Å². The minimum absolute atomic E-state index is 0.0629. The molecule has 0 aliphatic rings. The fourth-order valence-electron chi connectivity index (χ4n) is 2.22. The van der Waals surface area contributed by atoms with E-state index in [9.17, 15) is 24.8 Å². The Morgan fingerprint density at radius 3 is 2.56 bits per heavy atom. The van der Waals surface area contributed by atoms with Gasteiger partial charge in [-0.3, -0.25) is 14.9 Å². The van der Waals surface area contributed by atoms with E-state index >= 15 is 0 Å². The summed E-state index contributed by atoms with van der Waals surface area (Å²) in [5.41, 5.74) is 0.223. The van der Waals surface area contributed by atoms with E-state index in [4.69, 9.17) is 9.47 Å². The minimum Gasteiger partial charge on any atom is -0.507 e. The van der Waals surface area contributed by atoms with Gasteiger partial charge in [-0.25, -0.2) is 4.79 Å². The third-order valence-electron chi connectivity index (χ3n) is 3.68. The summed E-state index contributed by atoms with van der Waals surface area (Å²) in [5, 5.41) is 23.3. The van der Waals surface area contributed by atoms with E-state index in [2.05, 4.69) is 5.32 Å². The van der Waals surface area contributed by atoms with E-state index < -0.39 is 22.9 Å². The molecule has 0 saturated heterocycles. The van der Waals surface area contributed by atoms with Gasteiger partial charge in [0.05, 0.1) is 18.1 Å². The maximum Gasteiger partial charge on any atom is 0.342 e. The molecule has 2 rings (SSSR count). The van der Waals surface area contributed by atoms with Crippen LogP contribution in [0.15, 0.2) is 36.4 Å². The number of anilines is 1. The Morgan fingerprint density at radius 1 is 1.22 bits per heavy atom. The van der Waals surface area contributed by atoms with Crippen LogP contribution in [0.1, 0.15) is 22.8 Å². The average molecular weight is 374 g/mol. The number of ether oxygens (including phenoxy) is 2. The lowest BCUT2D eigenvalue weighted by Crippen LogP contribution is -2.30. The van der Waals surface area contributed by atoms with Gasteiger partial charge in [-0.2, -0.15) is 0 Å². The highest BCUT2D eigenvalue weighted by Crippen LogP contribution is 2.29. The van der Waals surface area contributed by atoms with Crippen molar-refractivity contribution in [3.8, 4) is 11.5 Å². The Bertz CT molecular complexity index is 895. The number of carbonyl (C=O) groups is 2. The highest BCUT2D eigenvalue weighted by Gasteiger charge is 2.24. The normalized spacial score (nSPS) is 11.4. The molecule has 1 amide bonds. The maximum atomic E-state index is 12.3. The molecule has 2 N–H and O–H groups in total. The topological polar surface area (TPSA) is 128 Å². The molecule has 0 heterocycles. The second-order valence-corrected chi connectivity index (χ2v) is 5.70. The molecule has 0 unspecified atom stereocenters. The van der Waals surface area contributed by atoms with Crippen molar-refractivity contribution in [3.63, 3.8) is 0 Å². The third-order valence-corrected chi connectivity index (χ3v) is 3.68. The first-order chi connectivity index (χ1) is 12.7. The first-order valence-electron chi connectivity index (χ1n) is 7.86. The predicted octanol–water partition coefficient (Wildman–Crippen LogP) is 2.80. The molecule has 2 aromatic rings. The van der Waals surface area contributed by atoms with Crippen LogP contribution in [-0.4, -0.2) is 35.1 Å². The van der Waals surface area contributed by atoms with Crippen molar-refractivity contribution in [2.75, 3.05) is 12.4 Å². The van der Waals surface area contributed by atoms with Gasteiger partial charge in [0.25, 0.3) is 11.6 Å². The second kappa shape index (κ2) is 8.17. The summed E-state index contributed by atoms with van der Waals surface area (Å²) >= 11 is 0. The van der Waals surface area contributed by atoms with E-state index in [0.717, 1.165) is 11.6 Å². The van der Waals surface area contributed by atoms with Crippen LogP contribution in [0, 0.1) is 17.0 Å². The van der Waals surface area contributed by atoms with Crippen LogP contribution in [-0.2, 0) is 9.53 Å². The standard InChI is InChI=1S/C18H18N2O7/c1-10-4-7-16(21)13(8-10)18(23)27-11(2)17(22)19-14-6-5-12(26-3)9-15(14)20(24)25/h4-9,11,21H,1-3H3,(H,19,22)/t11-/m0/s1. The van der Waals surface area contributed by atoms with Crippen LogP contribution in [0.5, 0.6) is 11.5 Å². The molecule has 0 radical (unpaired) electrons. The van der Waals surface area contributed by atoms with Crippen molar-refractivity contribution in [1.29, 1.82) is 0 Å². The largest absolute Gasteiger partial charge is 0.507 e. The number of nitro groups is 1. The highest BCUT2D eigenvalue weighted by atomic mass is 16.6. The number of nitro benzene ring substituents is 1. The van der Waals surface area contributed by atoms with Crippen molar-refractivity contribution in [1.82, 2.24) is 0 Å². The van der Waals surface area contributed by atoms with Gasteiger partial charge in [-0.15, -0.1) is 0 Å². The van der Waals surface area contributed by atoms with Crippen LogP contribution in [0.25, 0.3) is 0 Å². The number of esters is 1. The summed E-state index contributed by atoms with van der Waals surface area (Å²) < 4.78 is 9.97. The summed E-state index contributed by atoms with van der Waals surface area (Å²) in [6.45, 7) is 3.05. The number of carbonyl (C=O) groups excluding carboxylic acids is 2. The summed E-state index contributed by atoms with van der Waals surface area (Å²) in [6, 6.07) is 8.32. The maximum absolute atomic E-state index is 12.3.